The van der Waals surface area contributed by atoms with E-state index < -0.39 is 31.5 Å². The topological polar surface area (TPSA) is 129 Å². The van der Waals surface area contributed by atoms with E-state index in [9.17, 15) is 19.5 Å². The molecule has 0 unspecified atom stereocenters. The number of hydrogen-bond donors (Lipinski definition) is 2. The number of rotatable bonds is 8. The predicted octanol–water partition coefficient (Wildman–Crippen LogP) is 7.46. The zero-order valence-corrected chi connectivity index (χ0v) is 34.5. The number of hydrogen-bond acceptors (Lipinski definition) is 8. The quantitative estimate of drug-likeness (QED) is 0.155. The van der Waals surface area contributed by atoms with Crippen LogP contribution in [0.3, 0.4) is 0 Å². The molecule has 5 atom stereocenters. The van der Waals surface area contributed by atoms with Crippen LogP contribution < -0.4 is 19.3 Å². The van der Waals surface area contributed by atoms with Crippen LogP contribution in [-0.2, 0) is 39.4 Å². The number of anilines is 3. The van der Waals surface area contributed by atoms with Gasteiger partial charge in [-0.1, -0.05) is 67.6 Å². The summed E-state index contributed by atoms with van der Waals surface area (Å²) in [4.78, 5) is 60.5. The van der Waals surface area contributed by atoms with E-state index >= 15 is 4.79 Å². The Morgan fingerprint density at radius 3 is 2.31 bits per heavy atom. The molecule has 1 spiro atoms. The molecule has 0 radical (unpaired) electrons. The summed E-state index contributed by atoms with van der Waals surface area (Å²) in [6.07, 6.45) is -0.264. The fourth-order valence-corrected chi connectivity index (χ4v) is 12.4. The van der Waals surface area contributed by atoms with Crippen LogP contribution >= 0.6 is 0 Å². The summed E-state index contributed by atoms with van der Waals surface area (Å²) in [7, 11) is -1.51. The molecule has 4 aliphatic heterocycles. The molecule has 3 amide bonds. The number of nitrogens with zero attached hydrogens (tertiary/aromatic N) is 3. The molecular formula is C47H47N3O8Si. The molecule has 4 heterocycles. The second-order valence-corrected chi connectivity index (χ2v) is 20.5. The van der Waals surface area contributed by atoms with Crippen molar-refractivity contribution in [2.75, 3.05) is 23.5 Å². The van der Waals surface area contributed by atoms with Crippen molar-refractivity contribution >= 4 is 43.1 Å². The molecule has 5 aromatic rings. The van der Waals surface area contributed by atoms with Crippen LogP contribution in [0.5, 0.6) is 17.2 Å². The van der Waals surface area contributed by atoms with E-state index in [2.05, 4.69) is 0 Å². The van der Waals surface area contributed by atoms with Gasteiger partial charge in [-0.25, -0.2) is 0 Å². The zero-order valence-electron chi connectivity index (χ0n) is 33.5. The number of aliphatic hydroxyl groups is 1. The minimum atomic E-state index is -3.08. The molecule has 0 aliphatic carbocycles. The van der Waals surface area contributed by atoms with E-state index in [-0.39, 0.29) is 43.3 Å². The lowest BCUT2D eigenvalue weighted by molar-refractivity contribution is -0.151. The van der Waals surface area contributed by atoms with Gasteiger partial charge in [0.25, 0.3) is 11.8 Å². The molecule has 0 saturated carbocycles. The number of carbonyl (C=O) groups excluding carboxylic acids is 3. The summed E-state index contributed by atoms with van der Waals surface area (Å²) in [5, 5.41) is 10.4. The molecule has 1 saturated heterocycles. The molecule has 12 heteroatoms. The smallest absolute Gasteiger partial charge is 0.266 e. The number of ether oxygens (including phenoxy) is 3. The number of carbonyl (C=O) groups is 3. The average Bonchev–Trinajstić information content (AvgIpc) is 3.61. The van der Waals surface area contributed by atoms with Crippen molar-refractivity contribution in [1.29, 1.82) is 0 Å². The largest absolute Gasteiger partial charge is 0.497 e. The van der Waals surface area contributed by atoms with Gasteiger partial charge in [-0.3, -0.25) is 19.3 Å². The third-order valence-electron chi connectivity index (χ3n) is 12.6. The van der Waals surface area contributed by atoms with E-state index in [1.165, 1.54) is 0 Å². The molecule has 59 heavy (non-hydrogen) atoms. The highest BCUT2D eigenvalue weighted by atomic mass is 28.4. The van der Waals surface area contributed by atoms with Gasteiger partial charge in [0.05, 0.1) is 55.8 Å². The minimum absolute atomic E-state index is 0.0473. The Kier molecular flexibility index (Phi) is 9.70. The summed E-state index contributed by atoms with van der Waals surface area (Å²) in [6.45, 7) is 6.01. The summed E-state index contributed by atoms with van der Waals surface area (Å²) in [5.41, 5.74) is 3.99. The Balaban J connectivity index is 1.03. The highest BCUT2D eigenvalue weighted by Crippen LogP contribution is 2.60. The van der Waals surface area contributed by atoms with Crippen molar-refractivity contribution in [2.45, 2.75) is 69.2 Å². The second-order valence-electron chi connectivity index (χ2n) is 16.5. The fraction of sp³-hybridized carbons (Fsp3) is 0.298. The van der Waals surface area contributed by atoms with Gasteiger partial charge in [-0.05, 0) is 90.8 Å². The third kappa shape index (κ3) is 6.42. The van der Waals surface area contributed by atoms with Crippen molar-refractivity contribution in [1.82, 2.24) is 4.90 Å². The van der Waals surface area contributed by atoms with E-state index in [1.54, 1.807) is 33.9 Å². The first-order valence-electron chi connectivity index (χ1n) is 20.1. The van der Waals surface area contributed by atoms with E-state index in [0.29, 0.717) is 58.4 Å². The van der Waals surface area contributed by atoms with Gasteiger partial charge in [-0.2, -0.15) is 0 Å². The van der Waals surface area contributed by atoms with Crippen LogP contribution in [-0.4, -0.2) is 66.7 Å². The molecule has 2 N–H and O–H groups in total. The predicted molar refractivity (Wildman–Crippen MR) is 225 cm³/mol. The Hall–Kier alpha value is -5.79. The van der Waals surface area contributed by atoms with Crippen molar-refractivity contribution < 1.29 is 38.5 Å². The Labute approximate surface area is 344 Å². The summed E-state index contributed by atoms with van der Waals surface area (Å²) < 4.78 is 18.9. The van der Waals surface area contributed by atoms with Crippen molar-refractivity contribution in [2.24, 2.45) is 5.92 Å². The van der Waals surface area contributed by atoms with Crippen LogP contribution in [0.25, 0.3) is 0 Å². The van der Waals surface area contributed by atoms with Crippen molar-refractivity contribution in [3.05, 3.63) is 143 Å². The van der Waals surface area contributed by atoms with Gasteiger partial charge in [0.2, 0.25) is 5.91 Å². The van der Waals surface area contributed by atoms with E-state index in [4.69, 9.17) is 14.2 Å². The minimum Gasteiger partial charge on any atom is -0.497 e. The molecule has 1 fully saturated rings. The van der Waals surface area contributed by atoms with Crippen molar-refractivity contribution in [3.8, 4) is 17.2 Å². The number of para-hydroxylation sites is 3. The maximum absolute atomic E-state index is 15.2. The molecule has 9 rings (SSSR count). The van der Waals surface area contributed by atoms with E-state index in [0.717, 1.165) is 16.7 Å². The Morgan fingerprint density at radius 1 is 0.881 bits per heavy atom. The second kappa shape index (κ2) is 14.8. The van der Waals surface area contributed by atoms with Crippen LogP contribution in [0.2, 0.25) is 18.6 Å². The lowest BCUT2D eigenvalue weighted by Gasteiger charge is -2.37. The van der Waals surface area contributed by atoms with Gasteiger partial charge < -0.3 is 33.9 Å². The number of fused-ring (bicyclic) bond motifs is 5. The maximum atomic E-state index is 15.2. The number of methoxy groups -OCH3 is 1. The van der Waals surface area contributed by atoms with Crippen LogP contribution in [0.4, 0.5) is 17.1 Å². The summed E-state index contributed by atoms with van der Waals surface area (Å²) in [6, 6.07) is 35.2. The lowest BCUT2D eigenvalue weighted by Crippen LogP contribution is -2.48. The number of amides is 3. The fourth-order valence-electron chi connectivity index (χ4n) is 9.87. The van der Waals surface area contributed by atoms with Gasteiger partial charge in [0.1, 0.15) is 11.5 Å². The molecule has 5 aromatic carbocycles. The zero-order chi connectivity index (χ0) is 41.2. The third-order valence-corrected chi connectivity index (χ3v) is 15.1. The number of benzene rings is 5. The monoisotopic (exact) mass is 809 g/mol. The first-order valence-corrected chi connectivity index (χ1v) is 23.1. The standard InChI is InChI=1S/C47H47N3O8Si/c1-29-44(59(3,4)55)42(25-43(52)48-27-32-12-6-5-11-31(32)23-34(48)28-51)58-47(29)37-24-35(56-2)21-22-38(37)49(46(47)54)26-30-17-19-33(20-18-30)50-39-14-8-10-16-41(39)57-40-15-9-7-13-36(40)45(50)53/h5-22,24,29,34,42,44,51,55H,23,25-28H2,1-4H3/t29-,34-,42+,44-,47+/m0/s1. The maximum Gasteiger partial charge on any atom is 0.266 e. The molecular weight excluding hydrogens is 763 g/mol. The van der Waals surface area contributed by atoms with E-state index in [1.807, 2.05) is 123 Å². The van der Waals surface area contributed by atoms with Gasteiger partial charge >= 0.3 is 0 Å². The number of aliphatic hydroxyl groups excluding tert-OH is 1. The van der Waals surface area contributed by atoms with Crippen molar-refractivity contribution in [3.63, 3.8) is 0 Å². The lowest BCUT2D eigenvalue weighted by atomic mass is 9.82. The first-order chi connectivity index (χ1) is 28.4. The Morgan fingerprint density at radius 2 is 1.58 bits per heavy atom. The summed E-state index contributed by atoms with van der Waals surface area (Å²) in [5.74, 6) is 0.415. The highest BCUT2D eigenvalue weighted by molar-refractivity contribution is 6.71. The van der Waals surface area contributed by atoms with Crippen LogP contribution in [0, 0.1) is 5.92 Å². The Bertz CT molecular complexity index is 2470. The molecule has 0 bridgehead atoms. The van der Waals surface area contributed by atoms with Gasteiger partial charge in [-0.15, -0.1) is 0 Å². The van der Waals surface area contributed by atoms with Crippen LogP contribution in [0.1, 0.15) is 46.0 Å². The molecule has 302 valence electrons. The van der Waals surface area contributed by atoms with Gasteiger partial charge in [0.15, 0.2) is 19.7 Å². The molecule has 11 nitrogen and oxygen atoms in total. The average molecular weight is 810 g/mol. The molecule has 4 aliphatic rings. The first kappa shape index (κ1) is 38.7. The van der Waals surface area contributed by atoms with Crippen LogP contribution in [0.15, 0.2) is 115 Å². The SMILES string of the molecule is COc1ccc2c(c1)[C@@]1(O[C@H](CC(=O)N3Cc4ccccc4C[C@H]3CO)[C@@H]([Si](C)(C)O)[C@@H]1C)C(=O)N2Cc1ccc(N2C(=O)c3ccccc3Oc3ccccc32)cc1. The summed E-state index contributed by atoms with van der Waals surface area (Å²) >= 11 is 0. The molecule has 0 aromatic heterocycles. The highest BCUT2D eigenvalue weighted by Gasteiger charge is 2.66. The van der Waals surface area contributed by atoms with Gasteiger partial charge in [0, 0.05) is 29.3 Å². The normalized spacial score (nSPS) is 23.3.